The lowest BCUT2D eigenvalue weighted by atomic mass is 9.70. The Balaban J connectivity index is 2.22. The highest BCUT2D eigenvalue weighted by molar-refractivity contribution is 6.35. The molecule has 9 heavy (non-hydrogen) atoms. The predicted molar refractivity (Wildman–Crippen MR) is 35.5 cm³/mol. The van der Waals surface area contributed by atoms with Crippen molar-refractivity contribution >= 4 is 17.4 Å². The lowest BCUT2D eigenvalue weighted by Crippen LogP contribution is -2.49. The van der Waals surface area contributed by atoms with Gasteiger partial charge in [-0.2, -0.15) is 0 Å². The van der Waals surface area contributed by atoms with Crippen molar-refractivity contribution in [3.05, 3.63) is 0 Å². The Morgan fingerprint density at radius 3 is 2.44 bits per heavy atom. The minimum Gasteiger partial charge on any atom is -0.297 e. The van der Waals surface area contributed by atoms with Gasteiger partial charge in [-0.15, -0.1) is 11.6 Å². The molecule has 2 aliphatic rings. The third-order valence-electron chi connectivity index (χ3n) is 2.84. The van der Waals surface area contributed by atoms with Crippen LogP contribution in [0.15, 0.2) is 0 Å². The van der Waals surface area contributed by atoms with E-state index in [1.165, 1.54) is 0 Å². The number of alkyl halides is 1. The molecule has 2 aliphatic carbocycles. The molecular formula is C7H9ClO. The number of halogens is 1. The van der Waals surface area contributed by atoms with Gasteiger partial charge in [0.1, 0.15) is 0 Å². The fraction of sp³-hybridized carbons (Fsp3) is 0.857. The minimum absolute atomic E-state index is 0.0897. The van der Waals surface area contributed by atoms with Crippen LogP contribution in [-0.2, 0) is 4.79 Å². The van der Waals surface area contributed by atoms with E-state index in [1.807, 2.05) is 0 Å². The molecule has 0 N–H and O–H groups in total. The predicted octanol–water partition coefficient (Wildman–Crippen LogP) is 1.59. The van der Waals surface area contributed by atoms with E-state index in [0.717, 1.165) is 12.8 Å². The zero-order valence-electron chi connectivity index (χ0n) is 5.36. The van der Waals surface area contributed by atoms with Gasteiger partial charge < -0.3 is 0 Å². The molecular weight excluding hydrogens is 136 g/mol. The van der Waals surface area contributed by atoms with Crippen LogP contribution in [0.5, 0.6) is 0 Å². The van der Waals surface area contributed by atoms with Crippen LogP contribution in [0.1, 0.15) is 19.8 Å². The van der Waals surface area contributed by atoms with Crippen LogP contribution >= 0.6 is 11.6 Å². The summed E-state index contributed by atoms with van der Waals surface area (Å²) in [6.45, 7) is 2.08. The largest absolute Gasteiger partial charge is 0.297 e. The average Bonchev–Trinajstić information content (AvgIpc) is 2.65. The summed E-state index contributed by atoms with van der Waals surface area (Å²) in [5, 5.41) is -0.160. The van der Waals surface area contributed by atoms with E-state index in [-0.39, 0.29) is 10.8 Å². The first-order valence-corrected chi connectivity index (χ1v) is 3.80. The van der Waals surface area contributed by atoms with Crippen LogP contribution in [-0.4, -0.2) is 11.2 Å². The van der Waals surface area contributed by atoms with E-state index in [2.05, 4.69) is 6.92 Å². The van der Waals surface area contributed by atoms with Crippen LogP contribution < -0.4 is 0 Å². The first kappa shape index (κ1) is 5.72. The van der Waals surface area contributed by atoms with Crippen LogP contribution in [0.4, 0.5) is 0 Å². The molecule has 2 fully saturated rings. The summed E-state index contributed by atoms with van der Waals surface area (Å²) < 4.78 is 0. The summed E-state index contributed by atoms with van der Waals surface area (Å²) in [7, 11) is 0. The molecule has 1 nitrogen and oxygen atoms in total. The summed E-state index contributed by atoms with van der Waals surface area (Å²) in [5.74, 6) is 0.753. The van der Waals surface area contributed by atoms with E-state index >= 15 is 0 Å². The second-order valence-electron chi connectivity index (χ2n) is 3.21. The van der Waals surface area contributed by atoms with E-state index < -0.39 is 0 Å². The van der Waals surface area contributed by atoms with Crippen molar-refractivity contribution in [2.75, 3.05) is 0 Å². The lowest BCUT2D eigenvalue weighted by molar-refractivity contribution is -0.135. The number of Topliss-reactive ketones (excluding diaryl/α,β-unsaturated/α-hetero) is 1. The van der Waals surface area contributed by atoms with Gasteiger partial charge in [-0.3, -0.25) is 4.79 Å². The smallest absolute Gasteiger partial charge is 0.157 e. The fourth-order valence-corrected chi connectivity index (χ4v) is 2.20. The Labute approximate surface area is 59.4 Å². The molecule has 0 bridgehead atoms. The van der Waals surface area contributed by atoms with Crippen LogP contribution in [0.3, 0.4) is 0 Å². The first-order chi connectivity index (χ1) is 4.18. The van der Waals surface area contributed by atoms with Crippen LogP contribution in [0.2, 0.25) is 0 Å². The molecule has 0 amide bonds. The molecule has 2 atom stereocenters. The normalized spacial score (nSPS) is 44.9. The van der Waals surface area contributed by atoms with Gasteiger partial charge in [0, 0.05) is 5.41 Å². The monoisotopic (exact) mass is 144 g/mol. The molecule has 2 rings (SSSR count). The molecule has 0 aromatic carbocycles. The number of carbonyl (C=O) groups excluding carboxylic acids is 1. The molecule has 0 aliphatic heterocycles. The molecule has 2 heteroatoms. The summed E-state index contributed by atoms with van der Waals surface area (Å²) in [4.78, 5) is 11.0. The molecule has 0 aromatic rings. The van der Waals surface area contributed by atoms with Gasteiger partial charge in [0.05, 0.1) is 5.38 Å². The molecule has 2 unspecified atom stereocenters. The Kier molecular flexibility index (Phi) is 0.852. The first-order valence-electron chi connectivity index (χ1n) is 3.37. The van der Waals surface area contributed by atoms with Crippen LogP contribution in [0.25, 0.3) is 0 Å². The third kappa shape index (κ3) is 0.454. The number of ketones is 1. The highest BCUT2D eigenvalue weighted by Gasteiger charge is 2.65. The summed E-state index contributed by atoms with van der Waals surface area (Å²) in [5.41, 5.74) is 0.0897. The molecule has 0 radical (unpaired) electrons. The Bertz CT molecular complexity index is 172. The van der Waals surface area contributed by atoms with E-state index in [9.17, 15) is 4.79 Å². The highest BCUT2D eigenvalue weighted by Crippen LogP contribution is 2.63. The van der Waals surface area contributed by atoms with Crippen molar-refractivity contribution in [1.82, 2.24) is 0 Å². The minimum atomic E-state index is -0.160. The van der Waals surface area contributed by atoms with Crippen molar-refractivity contribution in [3.63, 3.8) is 0 Å². The van der Waals surface area contributed by atoms with Gasteiger partial charge >= 0.3 is 0 Å². The van der Waals surface area contributed by atoms with Crippen molar-refractivity contribution in [3.8, 4) is 0 Å². The van der Waals surface area contributed by atoms with Gasteiger partial charge in [-0.1, -0.05) is 6.92 Å². The molecule has 0 heterocycles. The van der Waals surface area contributed by atoms with Gasteiger partial charge in [0.15, 0.2) is 5.78 Å². The zero-order chi connectivity index (χ0) is 6.65. The van der Waals surface area contributed by atoms with Gasteiger partial charge in [0.2, 0.25) is 0 Å². The maximum atomic E-state index is 11.0. The third-order valence-corrected chi connectivity index (χ3v) is 3.42. The molecule has 1 spiro atoms. The maximum Gasteiger partial charge on any atom is 0.157 e. The molecule has 50 valence electrons. The van der Waals surface area contributed by atoms with Crippen molar-refractivity contribution in [2.24, 2.45) is 11.3 Å². The number of carbonyl (C=O) groups is 1. The summed E-state index contributed by atoms with van der Waals surface area (Å²) >= 11 is 5.72. The number of hydrogen-bond donors (Lipinski definition) is 0. The summed E-state index contributed by atoms with van der Waals surface area (Å²) in [6, 6.07) is 0. The number of rotatable bonds is 0. The van der Waals surface area contributed by atoms with Crippen molar-refractivity contribution in [1.29, 1.82) is 0 Å². The molecule has 0 aromatic heterocycles. The summed E-state index contributed by atoms with van der Waals surface area (Å²) in [6.07, 6.45) is 2.19. The fourth-order valence-electron chi connectivity index (χ4n) is 1.75. The standard InChI is InChI=1S/C7H9ClO/c1-4-5(8)6(9)7(4)2-3-7/h4-5H,2-3H2,1H3. The Morgan fingerprint density at radius 1 is 1.67 bits per heavy atom. The van der Waals surface area contributed by atoms with Crippen molar-refractivity contribution < 1.29 is 4.79 Å². The quantitative estimate of drug-likeness (QED) is 0.472. The average molecular weight is 145 g/mol. The van der Waals surface area contributed by atoms with E-state index in [1.54, 1.807) is 0 Å². The maximum absolute atomic E-state index is 11.0. The number of hydrogen-bond acceptors (Lipinski definition) is 1. The topological polar surface area (TPSA) is 17.1 Å². The SMILES string of the molecule is CC1C(Cl)C(=O)C12CC2. The van der Waals surface area contributed by atoms with Gasteiger partial charge in [-0.05, 0) is 18.8 Å². The van der Waals surface area contributed by atoms with Crippen molar-refractivity contribution in [2.45, 2.75) is 25.1 Å². The van der Waals surface area contributed by atoms with Crippen LogP contribution in [0, 0.1) is 11.3 Å². The molecule has 2 saturated carbocycles. The van der Waals surface area contributed by atoms with E-state index in [0.29, 0.717) is 11.7 Å². The molecule has 0 saturated heterocycles. The lowest BCUT2D eigenvalue weighted by Gasteiger charge is -2.37. The van der Waals surface area contributed by atoms with Gasteiger partial charge in [0.25, 0.3) is 0 Å². The zero-order valence-corrected chi connectivity index (χ0v) is 6.11. The second kappa shape index (κ2) is 1.34. The Hall–Kier alpha value is -0.0400. The van der Waals surface area contributed by atoms with Gasteiger partial charge in [-0.25, -0.2) is 0 Å². The highest BCUT2D eigenvalue weighted by atomic mass is 35.5. The second-order valence-corrected chi connectivity index (χ2v) is 3.68. The Morgan fingerprint density at radius 2 is 2.22 bits per heavy atom. The van der Waals surface area contributed by atoms with E-state index in [4.69, 9.17) is 11.6 Å².